The van der Waals surface area contributed by atoms with E-state index in [1.807, 2.05) is 27.7 Å². The summed E-state index contributed by atoms with van der Waals surface area (Å²) in [6, 6.07) is 0.119. The van der Waals surface area contributed by atoms with E-state index in [4.69, 9.17) is 22.7 Å². The standard InChI is InChI=1S/C12H24N2O2S/c1-8(2)10(11(13)17)12(15)14(9(3)4)6-7-16-5/h8-10H,6-7H2,1-5H3,(H2,13,17). The SMILES string of the molecule is COCCN(C(=O)C(C(N)=S)C(C)C)C(C)C. The molecule has 4 nitrogen and oxygen atoms in total. The molecule has 0 heterocycles. The van der Waals surface area contributed by atoms with Gasteiger partial charge in [-0.25, -0.2) is 0 Å². The first-order valence-corrected chi connectivity index (χ1v) is 6.32. The Kier molecular flexibility index (Phi) is 7.30. The van der Waals surface area contributed by atoms with Gasteiger partial charge >= 0.3 is 0 Å². The van der Waals surface area contributed by atoms with Crippen LogP contribution in [0.3, 0.4) is 0 Å². The van der Waals surface area contributed by atoms with Crippen molar-refractivity contribution in [3.63, 3.8) is 0 Å². The molecule has 100 valence electrons. The lowest BCUT2D eigenvalue weighted by molar-refractivity contribution is -0.136. The van der Waals surface area contributed by atoms with Crippen LogP contribution in [-0.2, 0) is 9.53 Å². The van der Waals surface area contributed by atoms with Gasteiger partial charge in [0, 0.05) is 19.7 Å². The molecule has 0 rings (SSSR count). The smallest absolute Gasteiger partial charge is 0.233 e. The molecule has 1 amide bonds. The summed E-state index contributed by atoms with van der Waals surface area (Å²) in [6.45, 7) is 8.95. The van der Waals surface area contributed by atoms with Crippen molar-refractivity contribution in [1.29, 1.82) is 0 Å². The van der Waals surface area contributed by atoms with Crippen molar-refractivity contribution in [3.05, 3.63) is 0 Å². The average Bonchev–Trinajstić information content (AvgIpc) is 2.16. The van der Waals surface area contributed by atoms with Gasteiger partial charge in [0.25, 0.3) is 0 Å². The van der Waals surface area contributed by atoms with Crippen LogP contribution in [0.15, 0.2) is 0 Å². The molecule has 2 N–H and O–H groups in total. The molecule has 0 radical (unpaired) electrons. The second-order valence-corrected chi connectivity index (χ2v) is 5.21. The zero-order valence-electron chi connectivity index (χ0n) is 11.4. The maximum Gasteiger partial charge on any atom is 0.233 e. The van der Waals surface area contributed by atoms with E-state index in [1.165, 1.54) is 0 Å². The number of hydrogen-bond donors (Lipinski definition) is 1. The van der Waals surface area contributed by atoms with Crippen molar-refractivity contribution >= 4 is 23.1 Å². The third-order valence-electron chi connectivity index (χ3n) is 2.68. The predicted octanol–water partition coefficient (Wildman–Crippen LogP) is 1.43. The van der Waals surface area contributed by atoms with Gasteiger partial charge in [0.05, 0.1) is 17.5 Å². The summed E-state index contributed by atoms with van der Waals surface area (Å²) in [6.07, 6.45) is 0. The first-order valence-electron chi connectivity index (χ1n) is 5.91. The number of carbonyl (C=O) groups excluding carboxylic acids is 1. The number of nitrogens with zero attached hydrogens (tertiary/aromatic N) is 1. The Morgan fingerprint density at radius 3 is 2.18 bits per heavy atom. The van der Waals surface area contributed by atoms with Gasteiger partial charge in [-0.1, -0.05) is 26.1 Å². The van der Waals surface area contributed by atoms with Crippen molar-refractivity contribution in [1.82, 2.24) is 4.90 Å². The lowest BCUT2D eigenvalue weighted by Gasteiger charge is -2.31. The number of ether oxygens (including phenoxy) is 1. The van der Waals surface area contributed by atoms with Gasteiger partial charge in [0.15, 0.2) is 0 Å². The van der Waals surface area contributed by atoms with Gasteiger partial charge < -0.3 is 15.4 Å². The molecule has 0 bridgehead atoms. The fourth-order valence-corrected chi connectivity index (χ4v) is 2.10. The first kappa shape index (κ1) is 16.3. The van der Waals surface area contributed by atoms with Gasteiger partial charge in [-0.2, -0.15) is 0 Å². The lowest BCUT2D eigenvalue weighted by Crippen LogP contribution is -2.47. The van der Waals surface area contributed by atoms with Gasteiger partial charge in [-0.15, -0.1) is 0 Å². The largest absolute Gasteiger partial charge is 0.393 e. The lowest BCUT2D eigenvalue weighted by atomic mass is 9.94. The Morgan fingerprint density at radius 2 is 1.88 bits per heavy atom. The maximum atomic E-state index is 12.4. The summed E-state index contributed by atoms with van der Waals surface area (Å²) < 4.78 is 5.02. The van der Waals surface area contributed by atoms with Crippen LogP contribution in [0.2, 0.25) is 0 Å². The number of carbonyl (C=O) groups is 1. The Bertz CT molecular complexity index is 267. The minimum atomic E-state index is -0.385. The second kappa shape index (κ2) is 7.61. The zero-order chi connectivity index (χ0) is 13.6. The number of rotatable bonds is 7. The van der Waals surface area contributed by atoms with Crippen LogP contribution in [0.1, 0.15) is 27.7 Å². The van der Waals surface area contributed by atoms with Crippen molar-refractivity contribution in [2.45, 2.75) is 33.7 Å². The van der Waals surface area contributed by atoms with Crippen molar-refractivity contribution in [3.8, 4) is 0 Å². The van der Waals surface area contributed by atoms with Gasteiger partial charge in [0.2, 0.25) is 5.91 Å². The first-order chi connectivity index (χ1) is 7.82. The molecule has 0 spiro atoms. The Balaban J connectivity index is 4.84. The summed E-state index contributed by atoms with van der Waals surface area (Å²) in [4.78, 5) is 14.4. The van der Waals surface area contributed by atoms with Crippen molar-refractivity contribution in [2.75, 3.05) is 20.3 Å². The van der Waals surface area contributed by atoms with E-state index in [-0.39, 0.29) is 28.8 Å². The number of amides is 1. The Labute approximate surface area is 109 Å². The third kappa shape index (κ3) is 5.00. The number of methoxy groups -OCH3 is 1. The second-order valence-electron chi connectivity index (χ2n) is 4.74. The molecule has 5 heteroatoms. The predicted molar refractivity (Wildman–Crippen MR) is 73.8 cm³/mol. The number of nitrogens with two attached hydrogens (primary N) is 1. The van der Waals surface area contributed by atoms with E-state index in [9.17, 15) is 4.79 Å². The zero-order valence-corrected chi connectivity index (χ0v) is 12.2. The van der Waals surface area contributed by atoms with Gasteiger partial charge in [-0.3, -0.25) is 4.79 Å². The van der Waals surface area contributed by atoms with Crippen molar-refractivity contribution < 1.29 is 9.53 Å². The number of hydrogen-bond acceptors (Lipinski definition) is 3. The Hall–Kier alpha value is -0.680. The van der Waals surface area contributed by atoms with Crippen molar-refractivity contribution in [2.24, 2.45) is 17.6 Å². The highest BCUT2D eigenvalue weighted by atomic mass is 32.1. The van der Waals surface area contributed by atoms with Crippen LogP contribution < -0.4 is 5.73 Å². The molecule has 17 heavy (non-hydrogen) atoms. The summed E-state index contributed by atoms with van der Waals surface area (Å²) in [7, 11) is 1.62. The number of thiocarbonyl (C=S) groups is 1. The van der Waals surface area contributed by atoms with E-state index >= 15 is 0 Å². The summed E-state index contributed by atoms with van der Waals surface area (Å²) >= 11 is 4.99. The topological polar surface area (TPSA) is 55.6 Å². The van der Waals surface area contributed by atoms with Crippen LogP contribution in [-0.4, -0.2) is 42.1 Å². The van der Waals surface area contributed by atoms with E-state index < -0.39 is 0 Å². The minimum absolute atomic E-state index is 0.000417. The highest BCUT2D eigenvalue weighted by Gasteiger charge is 2.30. The Morgan fingerprint density at radius 1 is 1.35 bits per heavy atom. The van der Waals surface area contributed by atoms with Gasteiger partial charge in [0.1, 0.15) is 0 Å². The molecular formula is C12H24N2O2S. The van der Waals surface area contributed by atoms with E-state index in [0.29, 0.717) is 13.2 Å². The highest BCUT2D eigenvalue weighted by Crippen LogP contribution is 2.16. The molecule has 0 aliphatic carbocycles. The average molecular weight is 260 g/mol. The van der Waals surface area contributed by atoms with Crippen LogP contribution in [0, 0.1) is 11.8 Å². The maximum absolute atomic E-state index is 12.4. The van der Waals surface area contributed by atoms with E-state index in [1.54, 1.807) is 12.0 Å². The molecule has 0 aromatic rings. The molecule has 0 aromatic heterocycles. The monoisotopic (exact) mass is 260 g/mol. The van der Waals surface area contributed by atoms with E-state index in [0.717, 1.165) is 0 Å². The minimum Gasteiger partial charge on any atom is -0.393 e. The molecule has 0 aliphatic heterocycles. The molecule has 1 atom stereocenters. The molecule has 0 aromatic carbocycles. The normalized spacial score (nSPS) is 12.9. The van der Waals surface area contributed by atoms with Crippen LogP contribution >= 0.6 is 12.2 Å². The quantitative estimate of drug-likeness (QED) is 0.704. The molecule has 1 unspecified atom stereocenters. The summed E-state index contributed by atoms with van der Waals surface area (Å²) in [5.41, 5.74) is 5.66. The molecular weight excluding hydrogens is 236 g/mol. The molecule has 0 aliphatic rings. The van der Waals surface area contributed by atoms with Crippen LogP contribution in [0.4, 0.5) is 0 Å². The fourth-order valence-electron chi connectivity index (χ4n) is 1.73. The summed E-state index contributed by atoms with van der Waals surface area (Å²) in [5.74, 6) is -0.271. The molecule has 0 saturated carbocycles. The summed E-state index contributed by atoms with van der Waals surface area (Å²) in [5, 5.41) is 0. The highest BCUT2D eigenvalue weighted by molar-refractivity contribution is 7.80. The third-order valence-corrected chi connectivity index (χ3v) is 2.94. The van der Waals surface area contributed by atoms with Crippen LogP contribution in [0.25, 0.3) is 0 Å². The van der Waals surface area contributed by atoms with Gasteiger partial charge in [-0.05, 0) is 19.8 Å². The fraction of sp³-hybridized carbons (Fsp3) is 0.833. The molecule has 0 fully saturated rings. The van der Waals surface area contributed by atoms with Crippen LogP contribution in [0.5, 0.6) is 0 Å². The molecule has 0 saturated heterocycles. The van der Waals surface area contributed by atoms with E-state index in [2.05, 4.69) is 0 Å².